The number of benzene rings is 3. The first-order chi connectivity index (χ1) is 13.5. The van der Waals surface area contributed by atoms with Crippen LogP contribution >= 0.6 is 0 Å². The van der Waals surface area contributed by atoms with Gasteiger partial charge in [0.05, 0.1) is 24.1 Å². The minimum Gasteiger partial charge on any atom is -0.481 e. The third-order valence-corrected chi connectivity index (χ3v) is 4.34. The van der Waals surface area contributed by atoms with Crippen LogP contribution in [0.1, 0.15) is 29.2 Å². The van der Waals surface area contributed by atoms with Gasteiger partial charge in [0.15, 0.2) is 0 Å². The molecule has 0 saturated carbocycles. The van der Waals surface area contributed by atoms with E-state index in [4.69, 9.17) is 5.26 Å². The van der Waals surface area contributed by atoms with Crippen molar-refractivity contribution in [1.29, 1.82) is 5.26 Å². The Bertz CT molecular complexity index is 1080. The van der Waals surface area contributed by atoms with Crippen LogP contribution in [0.4, 0.5) is 0 Å². The normalized spacial score (nSPS) is 11.8. The van der Waals surface area contributed by atoms with E-state index in [1.165, 1.54) is 6.08 Å². The lowest BCUT2D eigenvalue weighted by Crippen LogP contribution is -2.28. The summed E-state index contributed by atoms with van der Waals surface area (Å²) in [4.78, 5) is 23.6. The number of fused-ring (bicyclic) bond motifs is 1. The fourth-order valence-corrected chi connectivity index (χ4v) is 2.91. The molecule has 28 heavy (non-hydrogen) atoms. The Morgan fingerprint density at radius 3 is 2.43 bits per heavy atom. The molecule has 0 heterocycles. The first kappa shape index (κ1) is 18.9. The fraction of sp³-hybridized carbons (Fsp3) is 0.0870. The van der Waals surface area contributed by atoms with E-state index in [0.29, 0.717) is 5.56 Å². The van der Waals surface area contributed by atoms with Crippen LogP contribution < -0.4 is 5.32 Å². The van der Waals surface area contributed by atoms with Crippen molar-refractivity contribution in [2.75, 3.05) is 0 Å². The summed E-state index contributed by atoms with van der Waals surface area (Å²) in [6, 6.07) is 21.6. The van der Waals surface area contributed by atoms with E-state index in [1.807, 2.05) is 48.5 Å². The van der Waals surface area contributed by atoms with Gasteiger partial charge < -0.3 is 10.4 Å². The van der Waals surface area contributed by atoms with Crippen LogP contribution in [0.25, 0.3) is 16.8 Å². The second kappa shape index (κ2) is 8.65. The average Bonchev–Trinajstić information content (AvgIpc) is 2.71. The molecule has 1 amide bonds. The van der Waals surface area contributed by atoms with E-state index in [1.54, 1.807) is 30.3 Å². The molecule has 0 aromatic heterocycles. The lowest BCUT2D eigenvalue weighted by Gasteiger charge is -2.17. The summed E-state index contributed by atoms with van der Waals surface area (Å²) in [5.41, 5.74) is 2.05. The molecule has 0 fully saturated rings. The highest BCUT2D eigenvalue weighted by Crippen LogP contribution is 2.22. The Morgan fingerprint density at radius 1 is 1.04 bits per heavy atom. The zero-order valence-corrected chi connectivity index (χ0v) is 15.0. The Morgan fingerprint density at radius 2 is 1.75 bits per heavy atom. The molecule has 3 aromatic rings. The first-order valence-electron chi connectivity index (χ1n) is 8.74. The predicted octanol–water partition coefficient (Wildman–Crippen LogP) is 4.06. The average molecular weight is 370 g/mol. The van der Waals surface area contributed by atoms with Crippen LogP contribution in [-0.2, 0) is 9.59 Å². The lowest BCUT2D eigenvalue weighted by molar-refractivity contribution is -0.137. The molecule has 138 valence electrons. The summed E-state index contributed by atoms with van der Waals surface area (Å²) >= 11 is 0. The van der Waals surface area contributed by atoms with E-state index in [0.717, 1.165) is 21.9 Å². The van der Waals surface area contributed by atoms with Crippen molar-refractivity contribution in [3.05, 3.63) is 89.5 Å². The molecule has 0 saturated heterocycles. The number of rotatable bonds is 6. The maximum absolute atomic E-state index is 12.3. The van der Waals surface area contributed by atoms with Crippen molar-refractivity contribution in [2.24, 2.45) is 0 Å². The summed E-state index contributed by atoms with van der Waals surface area (Å²) in [5.74, 6) is -1.38. The van der Waals surface area contributed by atoms with Crippen molar-refractivity contribution in [3.8, 4) is 6.07 Å². The summed E-state index contributed by atoms with van der Waals surface area (Å²) in [6.07, 6.45) is 2.76. The van der Waals surface area contributed by atoms with Crippen molar-refractivity contribution in [2.45, 2.75) is 12.5 Å². The Balaban J connectivity index is 1.77. The Hall–Kier alpha value is -3.91. The van der Waals surface area contributed by atoms with Crippen LogP contribution in [0.5, 0.6) is 0 Å². The quantitative estimate of drug-likeness (QED) is 0.640. The van der Waals surface area contributed by atoms with Gasteiger partial charge in [-0.1, -0.05) is 48.5 Å². The summed E-state index contributed by atoms with van der Waals surface area (Å²) < 4.78 is 0. The number of nitrogens with zero attached hydrogens (tertiary/aromatic N) is 1. The van der Waals surface area contributed by atoms with E-state index in [2.05, 4.69) is 5.32 Å². The van der Waals surface area contributed by atoms with Crippen molar-refractivity contribution in [1.82, 2.24) is 5.32 Å². The summed E-state index contributed by atoms with van der Waals surface area (Å²) in [6.45, 7) is 0. The molecule has 3 rings (SSSR count). The highest BCUT2D eigenvalue weighted by atomic mass is 16.4. The van der Waals surface area contributed by atoms with E-state index < -0.39 is 12.0 Å². The molecule has 3 aromatic carbocycles. The molecular formula is C23H18N2O3. The van der Waals surface area contributed by atoms with Crippen LogP contribution in [-0.4, -0.2) is 17.0 Å². The fourth-order valence-electron chi connectivity index (χ4n) is 2.91. The number of carbonyl (C=O) groups is 2. The largest absolute Gasteiger partial charge is 0.481 e. The van der Waals surface area contributed by atoms with Gasteiger partial charge in [-0.3, -0.25) is 9.59 Å². The van der Waals surface area contributed by atoms with Gasteiger partial charge in [-0.2, -0.15) is 5.26 Å². The Labute approximate surface area is 162 Å². The summed E-state index contributed by atoms with van der Waals surface area (Å²) in [7, 11) is 0. The van der Waals surface area contributed by atoms with Gasteiger partial charge >= 0.3 is 5.97 Å². The molecule has 0 aliphatic rings. The second-order valence-electron chi connectivity index (χ2n) is 6.33. The molecule has 0 spiro atoms. The maximum Gasteiger partial charge on any atom is 0.305 e. The zero-order valence-electron chi connectivity index (χ0n) is 15.0. The Kier molecular flexibility index (Phi) is 5.83. The molecular weight excluding hydrogens is 352 g/mol. The second-order valence-corrected chi connectivity index (χ2v) is 6.33. The van der Waals surface area contributed by atoms with Crippen LogP contribution in [0, 0.1) is 11.3 Å². The van der Waals surface area contributed by atoms with Gasteiger partial charge in [-0.15, -0.1) is 0 Å². The number of hydrogen-bond donors (Lipinski definition) is 2. The van der Waals surface area contributed by atoms with Crippen LogP contribution in [0.2, 0.25) is 0 Å². The third kappa shape index (κ3) is 4.83. The first-order valence-corrected chi connectivity index (χ1v) is 8.74. The molecule has 1 unspecified atom stereocenters. The lowest BCUT2D eigenvalue weighted by atomic mass is 9.99. The van der Waals surface area contributed by atoms with Crippen molar-refractivity contribution >= 4 is 28.7 Å². The molecule has 5 nitrogen and oxygen atoms in total. The molecule has 0 aliphatic heterocycles. The molecule has 5 heteroatoms. The molecule has 1 atom stereocenters. The highest BCUT2D eigenvalue weighted by molar-refractivity contribution is 5.92. The zero-order chi connectivity index (χ0) is 19.9. The van der Waals surface area contributed by atoms with Crippen molar-refractivity contribution < 1.29 is 14.7 Å². The number of nitrogens with one attached hydrogen (secondary N) is 1. The molecule has 0 radical (unpaired) electrons. The van der Waals surface area contributed by atoms with Crippen molar-refractivity contribution in [3.63, 3.8) is 0 Å². The van der Waals surface area contributed by atoms with Crippen LogP contribution in [0.3, 0.4) is 0 Å². The third-order valence-electron chi connectivity index (χ3n) is 4.34. The van der Waals surface area contributed by atoms with E-state index in [9.17, 15) is 14.7 Å². The van der Waals surface area contributed by atoms with Gasteiger partial charge in [0.2, 0.25) is 5.91 Å². The van der Waals surface area contributed by atoms with Gasteiger partial charge in [0.25, 0.3) is 0 Å². The predicted molar refractivity (Wildman–Crippen MR) is 107 cm³/mol. The number of carboxylic acids is 1. The van der Waals surface area contributed by atoms with Gasteiger partial charge in [-0.05, 0) is 46.2 Å². The molecule has 2 N–H and O–H groups in total. The van der Waals surface area contributed by atoms with Gasteiger partial charge in [0.1, 0.15) is 0 Å². The smallest absolute Gasteiger partial charge is 0.305 e. The van der Waals surface area contributed by atoms with E-state index >= 15 is 0 Å². The topological polar surface area (TPSA) is 90.2 Å². The monoisotopic (exact) mass is 370 g/mol. The van der Waals surface area contributed by atoms with Crippen LogP contribution in [0.15, 0.2) is 72.8 Å². The molecule has 0 bridgehead atoms. The number of hydrogen-bond acceptors (Lipinski definition) is 3. The summed E-state index contributed by atoms with van der Waals surface area (Å²) in [5, 5.41) is 22.8. The number of aliphatic carboxylic acids is 1. The number of amides is 1. The van der Waals surface area contributed by atoms with Gasteiger partial charge in [0, 0.05) is 6.08 Å². The minimum atomic E-state index is -0.991. The number of nitriles is 1. The standard InChI is InChI=1S/C23H18N2O3/c24-15-17-7-5-16(6-8-17)9-12-22(26)25-21(14-23(27)28)20-11-10-18-3-1-2-4-19(18)13-20/h1-13,21H,14H2,(H,25,26)(H,27,28). The maximum atomic E-state index is 12.3. The SMILES string of the molecule is N#Cc1ccc(C=CC(=O)NC(CC(=O)O)c2ccc3ccccc3c2)cc1. The van der Waals surface area contributed by atoms with Gasteiger partial charge in [-0.25, -0.2) is 0 Å². The minimum absolute atomic E-state index is 0.214. The number of carboxylic acid groups (broad SMARTS) is 1. The highest BCUT2D eigenvalue weighted by Gasteiger charge is 2.17. The van der Waals surface area contributed by atoms with E-state index in [-0.39, 0.29) is 12.3 Å². The molecule has 0 aliphatic carbocycles. The number of carbonyl (C=O) groups excluding carboxylic acids is 1.